The number of benzene rings is 1. The molecule has 4 atom stereocenters. The number of carbonyl (C=O) groups excluding carboxylic acids is 1. The summed E-state index contributed by atoms with van der Waals surface area (Å²) in [4.78, 5) is 35.9. The van der Waals surface area contributed by atoms with E-state index in [1.54, 1.807) is 16.8 Å². The Hall–Kier alpha value is -4.63. The van der Waals surface area contributed by atoms with Crippen molar-refractivity contribution in [2.24, 2.45) is 5.92 Å². The highest BCUT2D eigenvalue weighted by molar-refractivity contribution is 5.88. The van der Waals surface area contributed by atoms with E-state index < -0.39 is 29.5 Å². The number of aliphatic hydroxyl groups excluding tert-OH is 1. The first-order valence-electron chi connectivity index (χ1n) is 14.8. The highest BCUT2D eigenvalue weighted by Crippen LogP contribution is 2.52. The first kappa shape index (κ1) is 29.1. The van der Waals surface area contributed by atoms with Crippen LogP contribution in [0.3, 0.4) is 0 Å². The molecule has 14 heteroatoms. The maximum Gasteiger partial charge on any atom is 0.377 e. The Morgan fingerprint density at radius 2 is 1.87 bits per heavy atom. The number of aromatic nitrogens is 6. The van der Waals surface area contributed by atoms with Gasteiger partial charge in [0.25, 0.3) is 0 Å². The summed E-state index contributed by atoms with van der Waals surface area (Å²) in [5, 5.41) is 48.6. The Labute approximate surface area is 256 Å². The van der Waals surface area contributed by atoms with Gasteiger partial charge in [0.05, 0.1) is 29.0 Å². The molecule has 5 N–H and O–H groups in total. The monoisotopic (exact) mass is 615 g/mol. The molecule has 0 bridgehead atoms. The van der Waals surface area contributed by atoms with Gasteiger partial charge in [-0.15, -0.1) is 0 Å². The number of fused-ring (bicyclic) bond motifs is 2. The van der Waals surface area contributed by atoms with E-state index >= 15 is 0 Å². The van der Waals surface area contributed by atoms with Crippen molar-refractivity contribution >= 4 is 39.7 Å². The number of aryl methyl sites for hydroxylation is 1. The third kappa shape index (κ3) is 4.86. The van der Waals surface area contributed by atoms with Crippen molar-refractivity contribution in [3.05, 3.63) is 76.5 Å². The zero-order valence-electron chi connectivity index (χ0n) is 24.7. The lowest BCUT2D eigenvalue weighted by Gasteiger charge is -2.17. The van der Waals surface area contributed by atoms with Crippen LogP contribution in [0.2, 0.25) is 0 Å². The van der Waals surface area contributed by atoms with Crippen LogP contribution in [0.5, 0.6) is 0 Å². The molecule has 4 unspecified atom stereocenters. The van der Waals surface area contributed by atoms with E-state index in [4.69, 9.17) is 14.8 Å². The van der Waals surface area contributed by atoms with Crippen LogP contribution in [0.25, 0.3) is 22.1 Å². The van der Waals surface area contributed by atoms with Crippen LogP contribution in [0, 0.1) is 12.8 Å². The molecule has 1 aromatic carbocycles. The molecule has 2 fully saturated rings. The standard InChI is InChI=1S/C31H33N7O7/c1-17-14-30(17,28(40)45-16-19-6-4-3-5-7-19)38-27-22(18(2)35-38)10-11-25(34-27)33-26-13-23-24(15-32-26)37(31(42,43)44)29(41)36(23)20-8-9-21(39)12-20/h3-7,10-11,13,15,17,20-21,39,42-44H,8-9,12,14,16H2,1-2H3,(H,32,33,34). The molecular weight excluding hydrogens is 582 g/mol. The molecule has 0 radical (unpaired) electrons. The van der Waals surface area contributed by atoms with Crippen LogP contribution in [0.1, 0.15) is 49.9 Å². The summed E-state index contributed by atoms with van der Waals surface area (Å²) < 4.78 is 9.19. The van der Waals surface area contributed by atoms with Crippen LogP contribution < -0.4 is 11.0 Å². The molecule has 0 spiro atoms. The van der Waals surface area contributed by atoms with E-state index in [2.05, 4.69) is 10.3 Å². The van der Waals surface area contributed by atoms with Crippen LogP contribution in [0.4, 0.5) is 11.6 Å². The summed E-state index contributed by atoms with van der Waals surface area (Å²) in [5.41, 5.74) is 0.535. The van der Waals surface area contributed by atoms with Gasteiger partial charge in [-0.25, -0.2) is 28.8 Å². The second-order valence-electron chi connectivity index (χ2n) is 12.0. The molecule has 2 saturated carbocycles. The maximum absolute atomic E-state index is 13.5. The summed E-state index contributed by atoms with van der Waals surface area (Å²) in [6.07, 6.45) is -0.963. The average Bonchev–Trinajstić information content (AvgIpc) is 3.23. The van der Waals surface area contributed by atoms with Crippen molar-refractivity contribution in [2.75, 3.05) is 5.32 Å². The van der Waals surface area contributed by atoms with Crippen LogP contribution in [-0.4, -0.2) is 61.4 Å². The number of anilines is 2. The maximum atomic E-state index is 13.5. The Balaban J connectivity index is 1.23. The molecule has 2 aliphatic carbocycles. The molecule has 0 amide bonds. The van der Waals surface area contributed by atoms with E-state index in [1.165, 1.54) is 10.8 Å². The minimum atomic E-state index is -3.45. The number of hydrogen-bond donors (Lipinski definition) is 5. The summed E-state index contributed by atoms with van der Waals surface area (Å²) in [7, 11) is 0. The van der Waals surface area contributed by atoms with E-state index in [9.17, 15) is 30.0 Å². The second-order valence-corrected chi connectivity index (χ2v) is 12.0. The number of rotatable bonds is 8. The van der Waals surface area contributed by atoms with E-state index in [1.807, 2.05) is 50.2 Å². The molecule has 5 aromatic rings. The minimum Gasteiger partial charge on any atom is -0.459 e. The molecule has 7 rings (SSSR count). The van der Waals surface area contributed by atoms with Gasteiger partial charge in [0, 0.05) is 17.5 Å². The van der Waals surface area contributed by atoms with Crippen molar-refractivity contribution in [2.45, 2.75) is 69.9 Å². The predicted octanol–water partition coefficient (Wildman–Crippen LogP) is 2.10. The van der Waals surface area contributed by atoms with Crippen molar-refractivity contribution in [1.29, 1.82) is 0 Å². The molecule has 2 aliphatic rings. The molecule has 234 valence electrons. The number of pyridine rings is 2. The predicted molar refractivity (Wildman–Crippen MR) is 161 cm³/mol. The zero-order chi connectivity index (χ0) is 31.7. The van der Waals surface area contributed by atoms with Crippen molar-refractivity contribution < 1.29 is 30.0 Å². The van der Waals surface area contributed by atoms with Gasteiger partial charge in [0.1, 0.15) is 18.2 Å². The minimum absolute atomic E-state index is 0.00442. The second kappa shape index (κ2) is 10.5. The van der Waals surface area contributed by atoms with E-state index in [0.29, 0.717) is 47.4 Å². The normalized spacial score (nSPS) is 23.1. The average molecular weight is 616 g/mol. The third-order valence-corrected chi connectivity index (χ3v) is 8.99. The summed E-state index contributed by atoms with van der Waals surface area (Å²) >= 11 is 0. The molecule has 0 saturated heterocycles. The highest BCUT2D eigenvalue weighted by Gasteiger charge is 2.62. The zero-order valence-corrected chi connectivity index (χ0v) is 24.7. The largest absolute Gasteiger partial charge is 0.459 e. The van der Waals surface area contributed by atoms with Gasteiger partial charge in [-0.2, -0.15) is 5.10 Å². The number of ether oxygens (including phenoxy) is 1. The lowest BCUT2D eigenvalue weighted by molar-refractivity contribution is -0.374. The fourth-order valence-corrected chi connectivity index (χ4v) is 6.54. The molecule has 4 aromatic heterocycles. The topological polar surface area (TPSA) is 190 Å². The summed E-state index contributed by atoms with van der Waals surface area (Å²) in [5.74, 6) is 0.292. The SMILES string of the molecule is Cc1nn(C2(C(=O)OCc3ccccc3)CC2C)c2nc(Nc3cc4c(cn3)n(C(O)(O)O)c(=O)n4C3CCC(O)C3)ccc12. The van der Waals surface area contributed by atoms with E-state index in [0.717, 1.165) is 10.9 Å². The van der Waals surface area contributed by atoms with Gasteiger partial charge in [-0.3, -0.25) is 4.57 Å². The highest BCUT2D eigenvalue weighted by atomic mass is 16.7. The van der Waals surface area contributed by atoms with E-state index in [-0.39, 0.29) is 35.3 Å². The lowest BCUT2D eigenvalue weighted by Crippen LogP contribution is -2.41. The number of carbonyl (C=O) groups is 1. The number of nitrogens with one attached hydrogen (secondary N) is 1. The van der Waals surface area contributed by atoms with Gasteiger partial charge >= 0.3 is 17.8 Å². The van der Waals surface area contributed by atoms with Crippen molar-refractivity contribution in [3.63, 3.8) is 0 Å². The summed E-state index contributed by atoms with van der Waals surface area (Å²) in [6.45, 7) is 3.98. The lowest BCUT2D eigenvalue weighted by atomic mass is 10.2. The van der Waals surface area contributed by atoms with Gasteiger partial charge in [-0.05, 0) is 56.2 Å². The smallest absolute Gasteiger partial charge is 0.377 e. The van der Waals surface area contributed by atoms with Gasteiger partial charge < -0.3 is 30.5 Å². The quantitative estimate of drug-likeness (QED) is 0.127. The Morgan fingerprint density at radius 3 is 2.53 bits per heavy atom. The van der Waals surface area contributed by atoms with Crippen LogP contribution in [0.15, 0.2) is 59.5 Å². The number of esters is 1. The Kier molecular flexibility index (Phi) is 6.78. The van der Waals surface area contributed by atoms with Crippen molar-refractivity contribution in [1.82, 2.24) is 28.9 Å². The molecule has 0 aliphatic heterocycles. The van der Waals surface area contributed by atoms with Gasteiger partial charge in [0.2, 0.25) is 0 Å². The molecule has 14 nitrogen and oxygen atoms in total. The van der Waals surface area contributed by atoms with Crippen molar-refractivity contribution in [3.8, 4) is 0 Å². The molecular formula is C31H33N7O7. The van der Waals surface area contributed by atoms with Gasteiger partial charge in [-0.1, -0.05) is 37.3 Å². The Morgan fingerprint density at radius 1 is 1.11 bits per heavy atom. The number of aliphatic hydroxyl groups is 4. The van der Waals surface area contributed by atoms with Crippen LogP contribution in [-0.2, 0) is 27.8 Å². The molecule has 4 heterocycles. The third-order valence-electron chi connectivity index (χ3n) is 8.99. The molecule has 45 heavy (non-hydrogen) atoms. The summed E-state index contributed by atoms with van der Waals surface area (Å²) in [6, 6.07) is 14.2. The fraction of sp³-hybridized carbons (Fsp3) is 0.387. The number of imidazole rings is 1. The Bertz CT molecular complexity index is 1990. The first-order chi connectivity index (χ1) is 21.5. The van der Waals surface area contributed by atoms with Crippen LogP contribution >= 0.6 is 0 Å². The number of nitrogens with zero attached hydrogens (tertiary/aromatic N) is 6. The fourth-order valence-electron chi connectivity index (χ4n) is 6.54. The number of hydrogen-bond acceptors (Lipinski definition) is 11. The first-order valence-corrected chi connectivity index (χ1v) is 14.8. The van der Waals surface area contributed by atoms with Gasteiger partial charge in [0.15, 0.2) is 11.2 Å².